The van der Waals surface area contributed by atoms with E-state index in [1.807, 2.05) is 0 Å². The van der Waals surface area contributed by atoms with Gasteiger partial charge in [0.2, 0.25) is 0 Å². The van der Waals surface area contributed by atoms with Gasteiger partial charge in [-0.15, -0.1) is 0 Å². The van der Waals surface area contributed by atoms with Gasteiger partial charge < -0.3 is 10.2 Å². The van der Waals surface area contributed by atoms with Crippen LogP contribution in [0, 0.1) is 0 Å². The molecule has 0 bridgehead atoms. The van der Waals surface area contributed by atoms with E-state index in [9.17, 15) is 0 Å². The summed E-state index contributed by atoms with van der Waals surface area (Å²) < 4.78 is 0. The third-order valence-corrected chi connectivity index (χ3v) is 4.57. The van der Waals surface area contributed by atoms with Crippen molar-refractivity contribution >= 4 is 0 Å². The highest BCUT2D eigenvalue weighted by Crippen LogP contribution is 2.21. The smallest absolute Gasteiger partial charge is 0.0320 e. The van der Waals surface area contributed by atoms with Crippen LogP contribution in [-0.2, 0) is 0 Å². The molecule has 2 rings (SSSR count). The minimum absolute atomic E-state index is 0.520. The number of nitrogens with one attached hydrogen (secondary N) is 1. The summed E-state index contributed by atoms with van der Waals surface area (Å²) in [5.41, 5.74) is 1.44. The molecule has 2 atom stereocenters. The normalized spacial score (nSPS) is 21.8. The minimum atomic E-state index is 0.520. The molecule has 112 valence electrons. The first-order valence-electron chi connectivity index (χ1n) is 8.30. The van der Waals surface area contributed by atoms with Crippen LogP contribution in [0.2, 0.25) is 0 Å². The van der Waals surface area contributed by atoms with Gasteiger partial charge in [-0.3, -0.25) is 0 Å². The molecule has 0 amide bonds. The Hall–Kier alpha value is -0.860. The largest absolute Gasteiger partial charge is 0.308 e. The van der Waals surface area contributed by atoms with Gasteiger partial charge in [0.05, 0.1) is 0 Å². The number of hydrogen-bond donors (Lipinski definition) is 1. The van der Waals surface area contributed by atoms with Crippen LogP contribution >= 0.6 is 0 Å². The van der Waals surface area contributed by atoms with Crippen molar-refractivity contribution in [2.45, 2.75) is 57.5 Å². The first-order chi connectivity index (χ1) is 9.81. The van der Waals surface area contributed by atoms with E-state index in [1.54, 1.807) is 0 Å². The highest BCUT2D eigenvalue weighted by Gasteiger charge is 2.20. The van der Waals surface area contributed by atoms with Gasteiger partial charge >= 0.3 is 0 Å². The topological polar surface area (TPSA) is 15.3 Å². The van der Waals surface area contributed by atoms with Gasteiger partial charge in [0, 0.05) is 18.6 Å². The molecule has 1 N–H and O–H groups in total. The summed E-state index contributed by atoms with van der Waals surface area (Å²) in [6.07, 6.45) is 7.92. The van der Waals surface area contributed by atoms with E-state index in [-0.39, 0.29) is 0 Å². The molecule has 1 fully saturated rings. The zero-order valence-electron chi connectivity index (χ0n) is 13.1. The van der Waals surface area contributed by atoms with Gasteiger partial charge in [-0.25, -0.2) is 0 Å². The zero-order valence-corrected chi connectivity index (χ0v) is 13.1. The van der Waals surface area contributed by atoms with Crippen molar-refractivity contribution in [2.75, 3.05) is 20.1 Å². The Morgan fingerprint density at radius 1 is 1.25 bits per heavy atom. The van der Waals surface area contributed by atoms with Crippen molar-refractivity contribution in [3.63, 3.8) is 0 Å². The summed E-state index contributed by atoms with van der Waals surface area (Å²) in [5.74, 6) is 0. The number of likely N-dealkylation sites (N-methyl/N-ethyl adjacent to an activating group) is 1. The molecule has 1 saturated heterocycles. The minimum Gasteiger partial charge on any atom is -0.308 e. The molecule has 1 aromatic carbocycles. The molecule has 2 heteroatoms. The second-order valence-corrected chi connectivity index (χ2v) is 6.14. The Balaban J connectivity index is 1.90. The van der Waals surface area contributed by atoms with Gasteiger partial charge in [0.25, 0.3) is 0 Å². The SMILES string of the molecule is CCCCC(NCC1CCCCN1C)c1ccccc1. The third-order valence-electron chi connectivity index (χ3n) is 4.57. The number of nitrogens with zero attached hydrogens (tertiary/aromatic N) is 1. The molecular weight excluding hydrogens is 244 g/mol. The van der Waals surface area contributed by atoms with Gasteiger partial charge in [-0.05, 0) is 38.4 Å². The molecule has 0 radical (unpaired) electrons. The van der Waals surface area contributed by atoms with Crippen molar-refractivity contribution in [3.05, 3.63) is 35.9 Å². The Labute approximate surface area is 124 Å². The van der Waals surface area contributed by atoms with Crippen molar-refractivity contribution in [3.8, 4) is 0 Å². The van der Waals surface area contributed by atoms with Crippen LogP contribution in [0.3, 0.4) is 0 Å². The maximum atomic E-state index is 3.83. The molecule has 0 spiro atoms. The predicted octanol–water partition coefficient (Wildman–Crippen LogP) is 3.99. The number of piperidine rings is 1. The first-order valence-corrected chi connectivity index (χ1v) is 8.30. The van der Waals surface area contributed by atoms with Crippen molar-refractivity contribution in [1.82, 2.24) is 10.2 Å². The molecule has 0 aromatic heterocycles. The lowest BCUT2D eigenvalue weighted by molar-refractivity contribution is 0.177. The summed E-state index contributed by atoms with van der Waals surface area (Å²) >= 11 is 0. The lowest BCUT2D eigenvalue weighted by Gasteiger charge is -2.34. The summed E-state index contributed by atoms with van der Waals surface area (Å²) in [6.45, 7) is 4.66. The monoisotopic (exact) mass is 274 g/mol. The van der Waals surface area contributed by atoms with Gasteiger partial charge in [-0.2, -0.15) is 0 Å². The molecule has 0 saturated carbocycles. The maximum absolute atomic E-state index is 3.83. The lowest BCUT2D eigenvalue weighted by Crippen LogP contribution is -2.43. The number of hydrogen-bond acceptors (Lipinski definition) is 2. The molecule has 0 aliphatic carbocycles. The van der Waals surface area contributed by atoms with Gasteiger partial charge in [0.15, 0.2) is 0 Å². The number of benzene rings is 1. The molecule has 1 aromatic rings. The highest BCUT2D eigenvalue weighted by atomic mass is 15.2. The summed E-state index contributed by atoms with van der Waals surface area (Å²) in [7, 11) is 2.27. The van der Waals surface area contributed by atoms with Crippen LogP contribution in [0.15, 0.2) is 30.3 Å². The van der Waals surface area contributed by atoms with Crippen LogP contribution in [0.25, 0.3) is 0 Å². The van der Waals surface area contributed by atoms with E-state index in [0.717, 1.165) is 12.6 Å². The second kappa shape index (κ2) is 8.43. The molecule has 20 heavy (non-hydrogen) atoms. The predicted molar refractivity (Wildman–Crippen MR) is 87.0 cm³/mol. The zero-order chi connectivity index (χ0) is 14.2. The second-order valence-electron chi connectivity index (χ2n) is 6.14. The molecule has 1 aliphatic heterocycles. The van der Waals surface area contributed by atoms with Crippen molar-refractivity contribution < 1.29 is 0 Å². The van der Waals surface area contributed by atoms with E-state index in [1.165, 1.54) is 50.6 Å². The average molecular weight is 274 g/mol. The van der Waals surface area contributed by atoms with Crippen molar-refractivity contribution in [2.24, 2.45) is 0 Å². The molecule has 2 unspecified atom stereocenters. The molecule has 1 heterocycles. The quantitative estimate of drug-likeness (QED) is 0.808. The van der Waals surface area contributed by atoms with Gasteiger partial charge in [0.1, 0.15) is 0 Å². The van der Waals surface area contributed by atoms with E-state index in [0.29, 0.717) is 6.04 Å². The van der Waals surface area contributed by atoms with E-state index in [2.05, 4.69) is 54.5 Å². The maximum Gasteiger partial charge on any atom is 0.0320 e. The van der Waals surface area contributed by atoms with Gasteiger partial charge in [-0.1, -0.05) is 56.5 Å². The fourth-order valence-electron chi connectivity index (χ4n) is 3.16. The molecule has 2 nitrogen and oxygen atoms in total. The Bertz CT molecular complexity index is 363. The average Bonchev–Trinajstić information content (AvgIpc) is 2.50. The number of unbranched alkanes of at least 4 members (excludes halogenated alkanes) is 1. The first kappa shape index (κ1) is 15.5. The molecule has 1 aliphatic rings. The highest BCUT2D eigenvalue weighted by molar-refractivity contribution is 5.18. The number of likely N-dealkylation sites (tertiary alicyclic amines) is 1. The van der Waals surface area contributed by atoms with E-state index < -0.39 is 0 Å². The Morgan fingerprint density at radius 3 is 2.75 bits per heavy atom. The Morgan fingerprint density at radius 2 is 2.05 bits per heavy atom. The van der Waals surface area contributed by atoms with Crippen LogP contribution < -0.4 is 5.32 Å². The van der Waals surface area contributed by atoms with Crippen molar-refractivity contribution in [1.29, 1.82) is 0 Å². The van der Waals surface area contributed by atoms with E-state index in [4.69, 9.17) is 0 Å². The van der Waals surface area contributed by atoms with E-state index >= 15 is 0 Å². The molecular formula is C18H30N2. The van der Waals surface area contributed by atoms with Crippen LogP contribution in [0.4, 0.5) is 0 Å². The fourth-order valence-corrected chi connectivity index (χ4v) is 3.16. The Kier molecular flexibility index (Phi) is 6.55. The third kappa shape index (κ3) is 4.60. The lowest BCUT2D eigenvalue weighted by atomic mass is 9.99. The fraction of sp³-hybridized carbons (Fsp3) is 0.667. The standard InChI is InChI=1S/C18H30N2/c1-3-4-13-18(16-10-6-5-7-11-16)19-15-17-12-8-9-14-20(17)2/h5-7,10-11,17-19H,3-4,8-9,12-15H2,1-2H3. The summed E-state index contributed by atoms with van der Waals surface area (Å²) in [6, 6.07) is 12.2. The van der Waals surface area contributed by atoms with Crippen LogP contribution in [0.5, 0.6) is 0 Å². The van der Waals surface area contributed by atoms with Crippen LogP contribution in [-0.4, -0.2) is 31.1 Å². The van der Waals surface area contributed by atoms with Crippen LogP contribution in [0.1, 0.15) is 57.1 Å². The summed E-state index contributed by atoms with van der Waals surface area (Å²) in [4.78, 5) is 2.53. The summed E-state index contributed by atoms with van der Waals surface area (Å²) in [5, 5.41) is 3.83. The number of rotatable bonds is 7.